The van der Waals surface area contributed by atoms with Gasteiger partial charge in [-0.25, -0.2) is 4.98 Å². The standard InChI is InChI=1S/C14H22N4O2S/c1-21-9-4-12(15)14(19)17-13-3-2-11(10-16-13)18-5-7-20-8-6-18/h2-3,10,12H,4-9,15H2,1H3,(H,16,17,19). The number of aromatic nitrogens is 1. The first-order valence-electron chi connectivity index (χ1n) is 7.05. The lowest BCUT2D eigenvalue weighted by atomic mass is 10.2. The highest BCUT2D eigenvalue weighted by Gasteiger charge is 2.14. The predicted molar refractivity (Wildman–Crippen MR) is 86.9 cm³/mol. The summed E-state index contributed by atoms with van der Waals surface area (Å²) < 4.78 is 5.32. The second kappa shape index (κ2) is 8.21. The number of amides is 1. The number of hydrogen-bond donors (Lipinski definition) is 2. The van der Waals surface area contributed by atoms with Crippen molar-refractivity contribution in [1.29, 1.82) is 0 Å². The van der Waals surface area contributed by atoms with Gasteiger partial charge in [-0.1, -0.05) is 0 Å². The summed E-state index contributed by atoms with van der Waals surface area (Å²) in [5.74, 6) is 1.23. The van der Waals surface area contributed by atoms with Crippen LogP contribution >= 0.6 is 11.8 Å². The number of nitrogens with one attached hydrogen (secondary N) is 1. The van der Waals surface area contributed by atoms with E-state index in [-0.39, 0.29) is 5.91 Å². The van der Waals surface area contributed by atoms with Crippen LogP contribution in [0.5, 0.6) is 0 Å². The molecular weight excluding hydrogens is 288 g/mol. The summed E-state index contributed by atoms with van der Waals surface area (Å²) in [5, 5.41) is 2.75. The summed E-state index contributed by atoms with van der Waals surface area (Å²) in [5.41, 5.74) is 6.87. The Bertz CT molecular complexity index is 449. The van der Waals surface area contributed by atoms with Gasteiger partial charge in [-0.05, 0) is 30.6 Å². The fraction of sp³-hybridized carbons (Fsp3) is 0.571. The first-order valence-corrected chi connectivity index (χ1v) is 8.44. The molecule has 2 heterocycles. The van der Waals surface area contributed by atoms with Crippen LogP contribution in [-0.2, 0) is 9.53 Å². The van der Waals surface area contributed by atoms with Crippen molar-refractivity contribution in [2.24, 2.45) is 5.73 Å². The number of ether oxygens (including phenoxy) is 1. The molecule has 0 bridgehead atoms. The van der Waals surface area contributed by atoms with Crippen LogP contribution in [0.25, 0.3) is 0 Å². The maximum absolute atomic E-state index is 11.9. The number of hydrogen-bond acceptors (Lipinski definition) is 6. The van der Waals surface area contributed by atoms with E-state index in [9.17, 15) is 4.79 Å². The number of nitrogens with two attached hydrogens (primary N) is 1. The van der Waals surface area contributed by atoms with E-state index in [1.165, 1.54) is 0 Å². The Balaban J connectivity index is 1.88. The van der Waals surface area contributed by atoms with E-state index in [2.05, 4.69) is 15.2 Å². The van der Waals surface area contributed by atoms with Crippen molar-refractivity contribution in [3.05, 3.63) is 18.3 Å². The highest BCUT2D eigenvalue weighted by molar-refractivity contribution is 7.98. The number of nitrogens with zero attached hydrogens (tertiary/aromatic N) is 2. The van der Waals surface area contributed by atoms with Crippen molar-refractivity contribution in [1.82, 2.24) is 4.98 Å². The molecule has 0 saturated carbocycles. The largest absolute Gasteiger partial charge is 0.378 e. The Hall–Kier alpha value is -1.31. The molecule has 0 aromatic carbocycles. The molecule has 1 fully saturated rings. The fourth-order valence-corrected chi connectivity index (χ4v) is 2.55. The topological polar surface area (TPSA) is 80.5 Å². The SMILES string of the molecule is CSCCC(N)C(=O)Nc1ccc(N2CCOCC2)cn1. The molecule has 0 radical (unpaired) electrons. The third kappa shape index (κ3) is 4.87. The van der Waals surface area contributed by atoms with Gasteiger partial charge in [0.1, 0.15) is 5.82 Å². The maximum Gasteiger partial charge on any atom is 0.242 e. The Kier molecular flexibility index (Phi) is 6.28. The summed E-state index contributed by atoms with van der Waals surface area (Å²) >= 11 is 1.68. The molecule has 3 N–H and O–H groups in total. The van der Waals surface area contributed by atoms with Crippen LogP contribution in [0.15, 0.2) is 18.3 Å². The third-order valence-electron chi connectivity index (χ3n) is 3.35. The molecule has 1 unspecified atom stereocenters. The molecule has 6 nitrogen and oxygen atoms in total. The van der Waals surface area contributed by atoms with Crippen molar-refractivity contribution in [2.45, 2.75) is 12.5 Å². The number of anilines is 2. The zero-order valence-electron chi connectivity index (χ0n) is 12.2. The molecule has 1 aromatic heterocycles. The van der Waals surface area contributed by atoms with Gasteiger partial charge in [0, 0.05) is 13.1 Å². The van der Waals surface area contributed by atoms with Gasteiger partial charge >= 0.3 is 0 Å². The Labute approximate surface area is 129 Å². The summed E-state index contributed by atoms with van der Waals surface area (Å²) in [6, 6.07) is 3.28. The van der Waals surface area contributed by atoms with E-state index in [1.807, 2.05) is 18.4 Å². The molecule has 2 rings (SSSR count). The lowest BCUT2D eigenvalue weighted by molar-refractivity contribution is -0.117. The van der Waals surface area contributed by atoms with Crippen LogP contribution in [0.1, 0.15) is 6.42 Å². The quantitative estimate of drug-likeness (QED) is 0.814. The van der Waals surface area contributed by atoms with Gasteiger partial charge in [-0.3, -0.25) is 4.79 Å². The average Bonchev–Trinajstić information content (AvgIpc) is 2.54. The van der Waals surface area contributed by atoms with E-state index in [1.54, 1.807) is 18.0 Å². The van der Waals surface area contributed by atoms with Crippen LogP contribution in [0, 0.1) is 0 Å². The van der Waals surface area contributed by atoms with Gasteiger partial charge < -0.3 is 20.7 Å². The number of morpholine rings is 1. The third-order valence-corrected chi connectivity index (χ3v) is 3.99. The number of rotatable bonds is 6. The van der Waals surface area contributed by atoms with Crippen molar-refractivity contribution in [3.63, 3.8) is 0 Å². The number of carbonyl (C=O) groups excluding carboxylic acids is 1. The van der Waals surface area contributed by atoms with Gasteiger partial charge in [0.15, 0.2) is 0 Å². The molecule has 21 heavy (non-hydrogen) atoms. The van der Waals surface area contributed by atoms with Gasteiger partial charge in [-0.2, -0.15) is 11.8 Å². The smallest absolute Gasteiger partial charge is 0.242 e. The molecule has 0 spiro atoms. The fourth-order valence-electron chi connectivity index (χ4n) is 2.06. The minimum Gasteiger partial charge on any atom is -0.378 e. The van der Waals surface area contributed by atoms with Gasteiger partial charge in [-0.15, -0.1) is 0 Å². The highest BCUT2D eigenvalue weighted by atomic mass is 32.2. The number of pyridine rings is 1. The number of thioether (sulfide) groups is 1. The lowest BCUT2D eigenvalue weighted by Crippen LogP contribution is -2.37. The van der Waals surface area contributed by atoms with Crippen LogP contribution in [0.2, 0.25) is 0 Å². The van der Waals surface area contributed by atoms with Crippen molar-refractivity contribution in [2.75, 3.05) is 48.5 Å². The van der Waals surface area contributed by atoms with Crippen LogP contribution < -0.4 is 16.0 Å². The normalized spacial score (nSPS) is 16.6. The first kappa shape index (κ1) is 16.1. The van der Waals surface area contributed by atoms with Crippen LogP contribution in [0.3, 0.4) is 0 Å². The lowest BCUT2D eigenvalue weighted by Gasteiger charge is -2.28. The summed E-state index contributed by atoms with van der Waals surface area (Å²) in [6.45, 7) is 3.21. The molecule has 1 aliphatic rings. The molecule has 116 valence electrons. The predicted octanol–water partition coefficient (Wildman–Crippen LogP) is 0.937. The molecule has 7 heteroatoms. The minimum atomic E-state index is -0.488. The van der Waals surface area contributed by atoms with Crippen molar-refractivity contribution >= 4 is 29.2 Å². The van der Waals surface area contributed by atoms with Gasteiger partial charge in [0.25, 0.3) is 0 Å². The van der Waals surface area contributed by atoms with Crippen LogP contribution in [0.4, 0.5) is 11.5 Å². The average molecular weight is 310 g/mol. The molecule has 1 aliphatic heterocycles. The summed E-state index contributed by atoms with van der Waals surface area (Å²) in [4.78, 5) is 18.4. The van der Waals surface area contributed by atoms with E-state index < -0.39 is 6.04 Å². The number of carbonyl (C=O) groups is 1. The van der Waals surface area contributed by atoms with Gasteiger partial charge in [0.2, 0.25) is 5.91 Å². The van der Waals surface area contributed by atoms with E-state index in [4.69, 9.17) is 10.5 Å². The monoisotopic (exact) mass is 310 g/mol. The zero-order chi connectivity index (χ0) is 15.1. The van der Waals surface area contributed by atoms with Gasteiger partial charge in [0.05, 0.1) is 31.1 Å². The van der Waals surface area contributed by atoms with Crippen molar-refractivity contribution in [3.8, 4) is 0 Å². The Morgan fingerprint density at radius 3 is 2.90 bits per heavy atom. The summed E-state index contributed by atoms with van der Waals surface area (Å²) in [6.07, 6.45) is 4.43. The first-order chi connectivity index (χ1) is 10.2. The zero-order valence-corrected chi connectivity index (χ0v) is 13.1. The summed E-state index contributed by atoms with van der Waals surface area (Å²) in [7, 11) is 0. The van der Waals surface area contributed by atoms with E-state index >= 15 is 0 Å². The minimum absolute atomic E-state index is 0.185. The Morgan fingerprint density at radius 2 is 2.29 bits per heavy atom. The molecule has 1 aromatic rings. The molecular formula is C14H22N4O2S. The molecule has 0 aliphatic carbocycles. The maximum atomic E-state index is 11.9. The molecule has 1 atom stereocenters. The molecule has 1 amide bonds. The Morgan fingerprint density at radius 1 is 1.52 bits per heavy atom. The second-order valence-corrected chi connectivity index (χ2v) is 5.86. The molecule has 1 saturated heterocycles. The second-order valence-electron chi connectivity index (χ2n) is 4.88. The van der Waals surface area contributed by atoms with E-state index in [0.29, 0.717) is 12.2 Å². The van der Waals surface area contributed by atoms with E-state index in [0.717, 1.165) is 37.7 Å². The van der Waals surface area contributed by atoms with Crippen LogP contribution in [-0.4, -0.2) is 55.2 Å². The highest BCUT2D eigenvalue weighted by Crippen LogP contribution is 2.16. The van der Waals surface area contributed by atoms with Crippen molar-refractivity contribution < 1.29 is 9.53 Å².